The second-order valence-electron chi connectivity index (χ2n) is 5.56. The van der Waals surface area contributed by atoms with Gasteiger partial charge in [0.05, 0.1) is 23.7 Å². The van der Waals surface area contributed by atoms with Crippen molar-refractivity contribution in [3.63, 3.8) is 0 Å². The van der Waals surface area contributed by atoms with Crippen LogP contribution in [-0.2, 0) is 4.84 Å². The minimum atomic E-state index is -0.294. The maximum atomic E-state index is 11.6. The summed E-state index contributed by atoms with van der Waals surface area (Å²) in [5.74, 6) is 0. The van der Waals surface area contributed by atoms with Crippen molar-refractivity contribution in [2.24, 2.45) is 5.28 Å². The molecule has 0 unspecified atom stereocenters. The topological polar surface area (TPSA) is 71.1 Å². The summed E-state index contributed by atoms with van der Waals surface area (Å²) in [7, 11) is 1.67. The van der Waals surface area contributed by atoms with Crippen LogP contribution < -0.4 is 0 Å². The molecule has 0 amide bonds. The molecule has 0 saturated heterocycles. The highest BCUT2D eigenvalue weighted by Crippen LogP contribution is 2.21. The lowest BCUT2D eigenvalue weighted by Crippen LogP contribution is -2.42. The molecule has 1 saturated carbocycles. The minimum Gasteiger partial charge on any atom is -0.569 e. The standard InChI is InChI=1S/C11H23N3O3/c1-11(2,3)13(4)14(16)12-17-10-7-5-9(15)6-8-10/h9-10,15H,5-8H2,1-4H3/b14-12-. The first-order valence-corrected chi connectivity index (χ1v) is 6.06. The predicted molar refractivity (Wildman–Crippen MR) is 62.9 cm³/mol. The van der Waals surface area contributed by atoms with Crippen LogP contribution >= 0.6 is 0 Å². The Morgan fingerprint density at radius 3 is 2.29 bits per heavy atom. The van der Waals surface area contributed by atoms with Crippen LogP contribution in [0.1, 0.15) is 46.5 Å². The lowest BCUT2D eigenvalue weighted by atomic mass is 9.95. The summed E-state index contributed by atoms with van der Waals surface area (Å²) in [5.41, 5.74) is -0.294. The van der Waals surface area contributed by atoms with Gasteiger partial charge < -0.3 is 15.2 Å². The molecule has 0 heterocycles. The molecule has 100 valence electrons. The fourth-order valence-electron chi connectivity index (χ4n) is 1.57. The van der Waals surface area contributed by atoms with E-state index >= 15 is 0 Å². The average molecular weight is 245 g/mol. The summed E-state index contributed by atoms with van der Waals surface area (Å²) in [5, 5.41) is 26.0. The molecule has 0 aliphatic heterocycles. The van der Waals surface area contributed by atoms with Crippen LogP contribution in [0, 0.1) is 5.21 Å². The van der Waals surface area contributed by atoms with Gasteiger partial charge in [0.2, 0.25) is 5.28 Å². The fourth-order valence-corrected chi connectivity index (χ4v) is 1.57. The van der Waals surface area contributed by atoms with Gasteiger partial charge in [0.15, 0.2) is 0 Å². The van der Waals surface area contributed by atoms with Crippen molar-refractivity contribution in [2.75, 3.05) is 7.05 Å². The first-order chi connectivity index (χ1) is 7.80. The second kappa shape index (κ2) is 5.53. The first kappa shape index (κ1) is 14.0. The Kier molecular flexibility index (Phi) is 4.56. The van der Waals surface area contributed by atoms with Crippen molar-refractivity contribution >= 4 is 0 Å². The molecule has 1 N–H and O–H groups in total. The predicted octanol–water partition coefficient (Wildman–Crippen LogP) is 1.83. The number of hydrazine groups is 1. The number of hydrogen-bond acceptors (Lipinski definition) is 4. The van der Waals surface area contributed by atoms with Crippen molar-refractivity contribution in [3.8, 4) is 0 Å². The molecule has 1 rings (SSSR count). The van der Waals surface area contributed by atoms with Gasteiger partial charge in [-0.05, 0) is 46.5 Å². The molecule has 0 aromatic carbocycles. The van der Waals surface area contributed by atoms with E-state index in [4.69, 9.17) is 4.84 Å². The summed E-state index contributed by atoms with van der Waals surface area (Å²) < 4.78 is 0. The summed E-state index contributed by atoms with van der Waals surface area (Å²) >= 11 is 0. The molecule has 0 radical (unpaired) electrons. The fraction of sp³-hybridized carbons (Fsp3) is 1.00. The van der Waals surface area contributed by atoms with E-state index in [-0.39, 0.29) is 17.7 Å². The minimum absolute atomic E-state index is 0.0526. The number of aliphatic hydroxyl groups is 1. The molecule has 0 spiro atoms. The number of hydrogen-bond donors (Lipinski definition) is 1. The molecule has 17 heavy (non-hydrogen) atoms. The van der Waals surface area contributed by atoms with Crippen molar-refractivity contribution in [1.82, 2.24) is 5.01 Å². The van der Waals surface area contributed by atoms with E-state index in [2.05, 4.69) is 5.28 Å². The van der Waals surface area contributed by atoms with Crippen LogP contribution in [0.5, 0.6) is 0 Å². The quantitative estimate of drug-likeness (QED) is 0.468. The highest BCUT2D eigenvalue weighted by molar-refractivity contribution is 4.70. The largest absolute Gasteiger partial charge is 0.569 e. The Labute approximate surface area is 102 Å². The summed E-state index contributed by atoms with van der Waals surface area (Å²) in [6, 6.07) is 0. The molecule has 0 bridgehead atoms. The lowest BCUT2D eigenvalue weighted by Gasteiger charge is -2.27. The SMILES string of the molecule is CN(/[N+]([O-])=N/OC1CCC(O)CC1)C(C)(C)C. The number of nitrogens with zero attached hydrogens (tertiary/aromatic N) is 3. The highest BCUT2D eigenvalue weighted by Gasteiger charge is 2.25. The van der Waals surface area contributed by atoms with Gasteiger partial charge in [-0.2, -0.15) is 0 Å². The van der Waals surface area contributed by atoms with Crippen LogP contribution in [-0.4, -0.2) is 39.9 Å². The molecule has 1 aliphatic carbocycles. The Bertz CT molecular complexity index is 268. The first-order valence-electron chi connectivity index (χ1n) is 6.06. The zero-order valence-electron chi connectivity index (χ0n) is 11.1. The monoisotopic (exact) mass is 245 g/mol. The van der Waals surface area contributed by atoms with Crippen LogP contribution in [0.15, 0.2) is 5.28 Å². The Morgan fingerprint density at radius 1 is 1.29 bits per heavy atom. The van der Waals surface area contributed by atoms with E-state index in [0.29, 0.717) is 17.8 Å². The molecule has 1 aliphatic rings. The smallest absolute Gasteiger partial charge is 0.233 e. The van der Waals surface area contributed by atoms with Gasteiger partial charge in [-0.25, -0.2) is 0 Å². The van der Waals surface area contributed by atoms with E-state index in [1.165, 1.54) is 5.01 Å². The van der Waals surface area contributed by atoms with E-state index in [0.717, 1.165) is 12.8 Å². The van der Waals surface area contributed by atoms with Crippen molar-refractivity contribution < 1.29 is 14.9 Å². The van der Waals surface area contributed by atoms with Gasteiger partial charge in [-0.1, -0.05) is 0 Å². The zero-order chi connectivity index (χ0) is 13.1. The van der Waals surface area contributed by atoms with Crippen molar-refractivity contribution in [3.05, 3.63) is 5.21 Å². The van der Waals surface area contributed by atoms with Crippen LogP contribution in [0.2, 0.25) is 0 Å². The molecular formula is C11H23N3O3. The number of rotatable bonds is 3. The third-order valence-electron chi connectivity index (χ3n) is 3.14. The van der Waals surface area contributed by atoms with Crippen molar-refractivity contribution in [2.45, 2.75) is 64.2 Å². The van der Waals surface area contributed by atoms with Crippen LogP contribution in [0.3, 0.4) is 0 Å². The normalized spacial score (nSPS) is 26.8. The lowest BCUT2D eigenvalue weighted by molar-refractivity contribution is -0.720. The van der Waals surface area contributed by atoms with Gasteiger partial charge >= 0.3 is 0 Å². The van der Waals surface area contributed by atoms with Gasteiger partial charge in [0.25, 0.3) is 0 Å². The van der Waals surface area contributed by atoms with Gasteiger partial charge in [0, 0.05) is 0 Å². The molecule has 0 aromatic heterocycles. The van der Waals surface area contributed by atoms with Crippen molar-refractivity contribution in [1.29, 1.82) is 0 Å². The van der Waals surface area contributed by atoms with E-state index in [1.54, 1.807) is 7.05 Å². The summed E-state index contributed by atoms with van der Waals surface area (Å²) in [6.45, 7) is 5.76. The molecule has 1 fully saturated rings. The van der Waals surface area contributed by atoms with Gasteiger partial charge in [-0.15, -0.1) is 5.01 Å². The van der Waals surface area contributed by atoms with Crippen LogP contribution in [0.4, 0.5) is 0 Å². The summed E-state index contributed by atoms with van der Waals surface area (Å²) in [6.07, 6.45) is 2.65. The molecule has 6 heteroatoms. The maximum absolute atomic E-state index is 11.6. The Hall–Kier alpha value is -1.04. The Balaban J connectivity index is 2.42. The zero-order valence-corrected chi connectivity index (χ0v) is 11.1. The molecule has 6 nitrogen and oxygen atoms in total. The Morgan fingerprint density at radius 2 is 1.82 bits per heavy atom. The third kappa shape index (κ3) is 4.38. The second-order valence-corrected chi connectivity index (χ2v) is 5.56. The van der Waals surface area contributed by atoms with E-state index in [1.807, 2.05) is 20.8 Å². The van der Waals surface area contributed by atoms with E-state index < -0.39 is 0 Å². The van der Waals surface area contributed by atoms with Gasteiger partial charge in [0.1, 0.15) is 6.10 Å². The number of aliphatic hydroxyl groups excluding tert-OH is 1. The summed E-state index contributed by atoms with van der Waals surface area (Å²) in [4.78, 5) is 5.67. The van der Waals surface area contributed by atoms with Gasteiger partial charge in [-0.3, -0.25) is 0 Å². The van der Waals surface area contributed by atoms with Crippen LogP contribution in [0.25, 0.3) is 0 Å². The van der Waals surface area contributed by atoms with E-state index in [9.17, 15) is 10.3 Å². The molecule has 0 atom stereocenters. The molecule has 0 aromatic rings. The average Bonchev–Trinajstić information content (AvgIpc) is 2.25. The third-order valence-corrected chi connectivity index (χ3v) is 3.14. The molecular weight excluding hydrogens is 222 g/mol. The maximum Gasteiger partial charge on any atom is 0.233 e. The highest BCUT2D eigenvalue weighted by atomic mass is 16.7.